The molecule has 1 amide bonds. The lowest BCUT2D eigenvalue weighted by atomic mass is 9.96. The minimum absolute atomic E-state index is 0.0315. The molecule has 0 bridgehead atoms. The van der Waals surface area contributed by atoms with Crippen LogP contribution in [0, 0.1) is 0 Å². The van der Waals surface area contributed by atoms with E-state index in [4.69, 9.17) is 4.74 Å². The van der Waals surface area contributed by atoms with Gasteiger partial charge in [-0.3, -0.25) is 9.59 Å². The molecule has 0 radical (unpaired) electrons. The Morgan fingerprint density at radius 3 is 2.37 bits per heavy atom. The molecular formula is C15H21NO3. The van der Waals surface area contributed by atoms with Crippen molar-refractivity contribution in [1.29, 1.82) is 0 Å². The topological polar surface area (TPSA) is 55.4 Å². The summed E-state index contributed by atoms with van der Waals surface area (Å²) >= 11 is 0. The van der Waals surface area contributed by atoms with Crippen LogP contribution in [0.3, 0.4) is 0 Å². The van der Waals surface area contributed by atoms with Gasteiger partial charge in [-0.2, -0.15) is 0 Å². The van der Waals surface area contributed by atoms with Gasteiger partial charge >= 0.3 is 5.97 Å². The van der Waals surface area contributed by atoms with Crippen LogP contribution in [0.4, 0.5) is 0 Å². The Hall–Kier alpha value is -1.84. The molecule has 0 aromatic heterocycles. The maximum absolute atomic E-state index is 11.8. The summed E-state index contributed by atoms with van der Waals surface area (Å²) in [6, 6.07) is 9.74. The van der Waals surface area contributed by atoms with Gasteiger partial charge in [0.1, 0.15) is 0 Å². The van der Waals surface area contributed by atoms with Crippen molar-refractivity contribution in [3.05, 3.63) is 35.9 Å². The minimum atomic E-state index is -0.329. The predicted molar refractivity (Wildman–Crippen MR) is 73.7 cm³/mol. The number of benzene rings is 1. The zero-order valence-corrected chi connectivity index (χ0v) is 11.7. The predicted octanol–water partition coefficient (Wildman–Crippen LogP) is 2.25. The van der Waals surface area contributed by atoms with Crippen molar-refractivity contribution >= 4 is 11.9 Å². The van der Waals surface area contributed by atoms with Crippen molar-refractivity contribution in [2.24, 2.45) is 0 Å². The Balaban J connectivity index is 2.69. The third-order valence-electron chi connectivity index (χ3n) is 2.64. The van der Waals surface area contributed by atoms with Gasteiger partial charge in [0, 0.05) is 25.3 Å². The van der Waals surface area contributed by atoms with E-state index < -0.39 is 0 Å². The highest BCUT2D eigenvalue weighted by Gasteiger charge is 2.17. The smallest absolute Gasteiger partial charge is 0.302 e. The standard InChI is InChI=1S/C15H21NO3/c1-11(2)16-15(18)9-14(10-19-12(3)17)13-7-5-4-6-8-13/h4-8,11,14H,9-10H2,1-3H3,(H,16,18)/t14-/m0/s1. The summed E-state index contributed by atoms with van der Waals surface area (Å²) in [6.07, 6.45) is 0.315. The Morgan fingerprint density at radius 2 is 1.84 bits per heavy atom. The summed E-state index contributed by atoms with van der Waals surface area (Å²) in [4.78, 5) is 22.8. The summed E-state index contributed by atoms with van der Waals surface area (Å²) in [6.45, 7) is 5.43. The highest BCUT2D eigenvalue weighted by molar-refractivity contribution is 5.77. The second-order valence-corrected chi connectivity index (χ2v) is 4.84. The Labute approximate surface area is 114 Å². The van der Waals surface area contributed by atoms with Crippen LogP contribution in [0.15, 0.2) is 30.3 Å². The molecule has 0 saturated carbocycles. The third-order valence-corrected chi connectivity index (χ3v) is 2.64. The van der Waals surface area contributed by atoms with E-state index in [-0.39, 0.29) is 30.4 Å². The number of nitrogens with one attached hydrogen (secondary N) is 1. The second-order valence-electron chi connectivity index (χ2n) is 4.84. The molecule has 1 aromatic rings. The van der Waals surface area contributed by atoms with Crippen molar-refractivity contribution < 1.29 is 14.3 Å². The molecule has 0 saturated heterocycles. The maximum Gasteiger partial charge on any atom is 0.302 e. The molecule has 0 aliphatic rings. The first-order chi connectivity index (χ1) is 8.99. The molecular weight excluding hydrogens is 242 g/mol. The van der Waals surface area contributed by atoms with E-state index in [0.29, 0.717) is 6.42 Å². The highest BCUT2D eigenvalue weighted by atomic mass is 16.5. The van der Waals surface area contributed by atoms with Gasteiger partial charge in [-0.25, -0.2) is 0 Å². The van der Waals surface area contributed by atoms with Gasteiger partial charge < -0.3 is 10.1 Å². The fourth-order valence-electron chi connectivity index (χ4n) is 1.82. The van der Waals surface area contributed by atoms with Gasteiger partial charge in [-0.05, 0) is 19.4 Å². The molecule has 0 aliphatic heterocycles. The summed E-state index contributed by atoms with van der Waals surface area (Å²) < 4.78 is 5.05. The van der Waals surface area contributed by atoms with Crippen LogP contribution >= 0.6 is 0 Å². The van der Waals surface area contributed by atoms with Gasteiger partial charge in [0.2, 0.25) is 5.91 Å². The van der Waals surface area contributed by atoms with Crippen LogP contribution in [0.5, 0.6) is 0 Å². The lowest BCUT2D eigenvalue weighted by Gasteiger charge is -2.17. The number of esters is 1. The number of rotatable bonds is 6. The fourth-order valence-corrected chi connectivity index (χ4v) is 1.82. The van der Waals surface area contributed by atoms with Crippen molar-refractivity contribution in [2.45, 2.75) is 39.2 Å². The molecule has 4 nitrogen and oxygen atoms in total. The van der Waals surface area contributed by atoms with Crippen LogP contribution in [0.25, 0.3) is 0 Å². The van der Waals surface area contributed by atoms with Gasteiger partial charge in [-0.15, -0.1) is 0 Å². The Morgan fingerprint density at radius 1 is 1.21 bits per heavy atom. The molecule has 0 spiro atoms. The number of ether oxygens (including phenoxy) is 1. The normalized spacial score (nSPS) is 12.0. The highest BCUT2D eigenvalue weighted by Crippen LogP contribution is 2.20. The summed E-state index contributed by atoms with van der Waals surface area (Å²) in [5.74, 6) is -0.468. The zero-order chi connectivity index (χ0) is 14.3. The van der Waals surface area contributed by atoms with Crippen LogP contribution < -0.4 is 5.32 Å². The molecule has 1 rings (SSSR count). The summed E-state index contributed by atoms with van der Waals surface area (Å²) in [5, 5.41) is 2.85. The van der Waals surface area contributed by atoms with Crippen LogP contribution in [0.1, 0.15) is 38.7 Å². The first-order valence-corrected chi connectivity index (χ1v) is 6.46. The van der Waals surface area contributed by atoms with Gasteiger partial charge in [0.25, 0.3) is 0 Å². The number of amides is 1. The lowest BCUT2D eigenvalue weighted by molar-refractivity contribution is -0.142. The summed E-state index contributed by atoms with van der Waals surface area (Å²) in [7, 11) is 0. The van der Waals surface area contributed by atoms with E-state index in [1.165, 1.54) is 6.92 Å². The van der Waals surface area contributed by atoms with Gasteiger partial charge in [0.15, 0.2) is 0 Å². The second kappa shape index (κ2) is 7.56. The molecule has 4 heteroatoms. The first-order valence-electron chi connectivity index (χ1n) is 6.46. The fraction of sp³-hybridized carbons (Fsp3) is 0.467. The molecule has 19 heavy (non-hydrogen) atoms. The average molecular weight is 263 g/mol. The Bertz CT molecular complexity index is 415. The number of carbonyl (C=O) groups excluding carboxylic acids is 2. The van der Waals surface area contributed by atoms with Crippen molar-refractivity contribution in [2.75, 3.05) is 6.61 Å². The molecule has 0 heterocycles. The van der Waals surface area contributed by atoms with E-state index in [9.17, 15) is 9.59 Å². The molecule has 0 aliphatic carbocycles. The Kier molecular flexibility index (Phi) is 6.06. The van der Waals surface area contributed by atoms with E-state index in [1.807, 2.05) is 44.2 Å². The van der Waals surface area contributed by atoms with Crippen molar-refractivity contribution in [3.8, 4) is 0 Å². The number of hydrogen-bond donors (Lipinski definition) is 1. The first kappa shape index (κ1) is 15.2. The van der Waals surface area contributed by atoms with E-state index >= 15 is 0 Å². The molecule has 1 aromatic carbocycles. The molecule has 0 fully saturated rings. The summed E-state index contributed by atoms with van der Waals surface area (Å²) in [5.41, 5.74) is 1.00. The molecule has 1 atom stereocenters. The van der Waals surface area contributed by atoms with Gasteiger partial charge in [0.05, 0.1) is 6.61 Å². The van der Waals surface area contributed by atoms with Crippen molar-refractivity contribution in [1.82, 2.24) is 5.32 Å². The molecule has 1 N–H and O–H groups in total. The van der Waals surface area contributed by atoms with E-state index in [1.54, 1.807) is 0 Å². The van der Waals surface area contributed by atoms with Crippen molar-refractivity contribution in [3.63, 3.8) is 0 Å². The lowest BCUT2D eigenvalue weighted by Crippen LogP contribution is -2.32. The third kappa shape index (κ3) is 6.04. The quantitative estimate of drug-likeness (QED) is 0.801. The molecule has 0 unspecified atom stereocenters. The monoisotopic (exact) mass is 263 g/mol. The van der Waals surface area contributed by atoms with Crippen LogP contribution in [0.2, 0.25) is 0 Å². The number of carbonyl (C=O) groups is 2. The zero-order valence-electron chi connectivity index (χ0n) is 11.7. The number of hydrogen-bond acceptors (Lipinski definition) is 3. The average Bonchev–Trinajstić information content (AvgIpc) is 2.34. The van der Waals surface area contributed by atoms with Crippen LogP contribution in [-0.2, 0) is 14.3 Å². The molecule has 104 valence electrons. The SMILES string of the molecule is CC(=O)OC[C@H](CC(=O)NC(C)C)c1ccccc1. The largest absolute Gasteiger partial charge is 0.465 e. The van der Waals surface area contributed by atoms with Gasteiger partial charge in [-0.1, -0.05) is 30.3 Å². The maximum atomic E-state index is 11.8. The van der Waals surface area contributed by atoms with Crippen LogP contribution in [-0.4, -0.2) is 24.5 Å². The van der Waals surface area contributed by atoms with E-state index in [0.717, 1.165) is 5.56 Å². The minimum Gasteiger partial charge on any atom is -0.465 e. The van der Waals surface area contributed by atoms with E-state index in [2.05, 4.69) is 5.32 Å².